The van der Waals surface area contributed by atoms with Crippen LogP contribution in [0.25, 0.3) is 11.0 Å². The van der Waals surface area contributed by atoms with E-state index in [2.05, 4.69) is 4.98 Å². The first-order chi connectivity index (χ1) is 10.2. The number of likely N-dealkylation sites (tertiary alicyclic amines) is 1. The van der Waals surface area contributed by atoms with E-state index in [-0.39, 0.29) is 18.3 Å². The van der Waals surface area contributed by atoms with Gasteiger partial charge in [-0.2, -0.15) is 0 Å². The zero-order chi connectivity index (χ0) is 14.8. The highest BCUT2D eigenvalue weighted by Gasteiger charge is 2.19. The predicted octanol–water partition coefficient (Wildman–Crippen LogP) is 3.44. The third kappa shape index (κ3) is 3.01. The fourth-order valence-corrected chi connectivity index (χ4v) is 3.17. The van der Waals surface area contributed by atoms with Crippen LogP contribution in [0.4, 0.5) is 0 Å². The summed E-state index contributed by atoms with van der Waals surface area (Å²) in [6.07, 6.45) is 3.38. The van der Waals surface area contributed by atoms with Gasteiger partial charge >= 0.3 is 0 Å². The number of nitrogens with zero attached hydrogens (tertiary/aromatic N) is 3. The molecule has 0 N–H and O–H groups in total. The number of benzene rings is 1. The van der Waals surface area contributed by atoms with E-state index in [1.807, 2.05) is 21.6 Å². The number of piperidine rings is 1. The Labute approximate surface area is 133 Å². The van der Waals surface area contributed by atoms with Crippen LogP contribution < -0.4 is 0 Å². The van der Waals surface area contributed by atoms with E-state index in [9.17, 15) is 4.79 Å². The highest BCUT2D eigenvalue weighted by molar-refractivity contribution is 6.31. The molecule has 1 aromatic heterocycles. The summed E-state index contributed by atoms with van der Waals surface area (Å²) < 4.78 is 1.88. The molecule has 4 nitrogen and oxygen atoms in total. The summed E-state index contributed by atoms with van der Waals surface area (Å²) in [4.78, 5) is 18.9. The Morgan fingerprint density at radius 1 is 1.24 bits per heavy atom. The van der Waals surface area contributed by atoms with Crippen molar-refractivity contribution < 1.29 is 4.79 Å². The van der Waals surface area contributed by atoms with Crippen molar-refractivity contribution in [2.24, 2.45) is 0 Å². The van der Waals surface area contributed by atoms with Crippen molar-refractivity contribution in [1.29, 1.82) is 0 Å². The summed E-state index contributed by atoms with van der Waals surface area (Å²) in [6.45, 7) is 1.98. The van der Waals surface area contributed by atoms with Crippen molar-refractivity contribution in [2.45, 2.75) is 31.7 Å². The van der Waals surface area contributed by atoms with E-state index in [0.29, 0.717) is 10.8 Å². The van der Waals surface area contributed by atoms with Crippen LogP contribution in [0.5, 0.6) is 0 Å². The first-order valence-electron chi connectivity index (χ1n) is 7.17. The van der Waals surface area contributed by atoms with Gasteiger partial charge in [0.1, 0.15) is 12.4 Å². The molecule has 1 aromatic carbocycles. The SMILES string of the molecule is O=C(Cn1c(CCl)nc2ccc(Cl)cc21)N1CCCCC1. The molecule has 21 heavy (non-hydrogen) atoms. The molecule has 112 valence electrons. The van der Waals surface area contributed by atoms with Crippen LogP contribution in [-0.2, 0) is 17.2 Å². The minimum absolute atomic E-state index is 0.125. The number of fused-ring (bicyclic) bond motifs is 1. The van der Waals surface area contributed by atoms with Crippen molar-refractivity contribution in [1.82, 2.24) is 14.5 Å². The van der Waals surface area contributed by atoms with Crippen LogP contribution in [0, 0.1) is 0 Å². The van der Waals surface area contributed by atoms with Crippen LogP contribution in [0.15, 0.2) is 18.2 Å². The molecule has 3 rings (SSSR count). The molecule has 1 aliphatic rings. The summed E-state index contributed by atoms with van der Waals surface area (Å²) in [6, 6.07) is 5.49. The number of amides is 1. The summed E-state index contributed by atoms with van der Waals surface area (Å²) >= 11 is 12.0. The Balaban J connectivity index is 1.91. The fraction of sp³-hybridized carbons (Fsp3) is 0.467. The lowest BCUT2D eigenvalue weighted by atomic mass is 10.1. The Morgan fingerprint density at radius 3 is 2.71 bits per heavy atom. The molecular formula is C15H17Cl2N3O. The third-order valence-electron chi connectivity index (χ3n) is 3.91. The van der Waals surface area contributed by atoms with Crippen molar-refractivity contribution >= 4 is 40.1 Å². The van der Waals surface area contributed by atoms with Gasteiger partial charge in [0.15, 0.2) is 0 Å². The monoisotopic (exact) mass is 325 g/mol. The summed E-state index contributed by atoms with van der Waals surface area (Å²) in [5, 5.41) is 0.634. The minimum Gasteiger partial charge on any atom is -0.341 e. The van der Waals surface area contributed by atoms with E-state index in [1.165, 1.54) is 6.42 Å². The molecule has 0 aliphatic carbocycles. The quantitative estimate of drug-likeness (QED) is 0.811. The number of rotatable bonds is 3. The van der Waals surface area contributed by atoms with Gasteiger partial charge in [0.25, 0.3) is 0 Å². The second-order valence-corrected chi connectivity index (χ2v) is 6.03. The predicted molar refractivity (Wildman–Crippen MR) is 84.7 cm³/mol. The van der Waals surface area contributed by atoms with Gasteiger partial charge in [0.05, 0.1) is 16.9 Å². The third-order valence-corrected chi connectivity index (χ3v) is 4.39. The Bertz CT molecular complexity index is 662. The van der Waals surface area contributed by atoms with Gasteiger partial charge in [0.2, 0.25) is 5.91 Å². The molecule has 6 heteroatoms. The highest BCUT2D eigenvalue weighted by atomic mass is 35.5. The largest absolute Gasteiger partial charge is 0.341 e. The van der Waals surface area contributed by atoms with Gasteiger partial charge in [0, 0.05) is 18.1 Å². The maximum Gasteiger partial charge on any atom is 0.242 e. The number of hydrogen-bond acceptors (Lipinski definition) is 2. The van der Waals surface area contributed by atoms with Crippen molar-refractivity contribution in [2.75, 3.05) is 13.1 Å². The summed E-state index contributed by atoms with van der Waals surface area (Å²) in [5.74, 6) is 1.11. The Hall–Kier alpha value is -1.26. The molecule has 2 aromatic rings. The maximum absolute atomic E-state index is 12.5. The molecule has 0 spiro atoms. The zero-order valence-corrected chi connectivity index (χ0v) is 13.2. The van der Waals surface area contributed by atoms with Crippen LogP contribution in [0.3, 0.4) is 0 Å². The van der Waals surface area contributed by atoms with Gasteiger partial charge in [-0.3, -0.25) is 4.79 Å². The second-order valence-electron chi connectivity index (χ2n) is 5.32. The van der Waals surface area contributed by atoms with Gasteiger partial charge in [-0.1, -0.05) is 11.6 Å². The van der Waals surface area contributed by atoms with E-state index in [1.54, 1.807) is 6.07 Å². The topological polar surface area (TPSA) is 38.1 Å². The first kappa shape index (κ1) is 14.7. The first-order valence-corrected chi connectivity index (χ1v) is 8.08. The molecule has 2 heterocycles. The highest BCUT2D eigenvalue weighted by Crippen LogP contribution is 2.22. The fourth-order valence-electron chi connectivity index (χ4n) is 2.80. The number of hydrogen-bond donors (Lipinski definition) is 0. The minimum atomic E-state index is 0.125. The van der Waals surface area contributed by atoms with Crippen molar-refractivity contribution in [3.63, 3.8) is 0 Å². The molecule has 1 amide bonds. The number of carbonyl (C=O) groups excluding carboxylic acids is 1. The van der Waals surface area contributed by atoms with Gasteiger partial charge in [-0.15, -0.1) is 11.6 Å². The smallest absolute Gasteiger partial charge is 0.242 e. The molecule has 0 saturated carbocycles. The van der Waals surface area contributed by atoms with E-state index in [4.69, 9.17) is 23.2 Å². The molecular weight excluding hydrogens is 309 g/mol. The van der Waals surface area contributed by atoms with Crippen LogP contribution in [-0.4, -0.2) is 33.4 Å². The maximum atomic E-state index is 12.5. The average molecular weight is 326 g/mol. The molecule has 0 unspecified atom stereocenters. The molecule has 0 radical (unpaired) electrons. The molecule has 0 atom stereocenters. The number of aromatic nitrogens is 2. The lowest BCUT2D eigenvalue weighted by molar-refractivity contribution is -0.132. The Kier molecular flexibility index (Phi) is 4.36. The van der Waals surface area contributed by atoms with Gasteiger partial charge in [-0.05, 0) is 37.5 Å². The summed E-state index contributed by atoms with van der Waals surface area (Å²) in [5.41, 5.74) is 1.69. The average Bonchev–Trinajstić information content (AvgIpc) is 2.85. The molecule has 1 fully saturated rings. The lowest BCUT2D eigenvalue weighted by Gasteiger charge is -2.27. The number of halogens is 2. The van der Waals surface area contributed by atoms with Crippen molar-refractivity contribution in [3.8, 4) is 0 Å². The van der Waals surface area contributed by atoms with Crippen molar-refractivity contribution in [3.05, 3.63) is 29.0 Å². The molecule has 0 bridgehead atoms. The van der Waals surface area contributed by atoms with Crippen LogP contribution >= 0.6 is 23.2 Å². The van der Waals surface area contributed by atoms with E-state index in [0.717, 1.165) is 37.0 Å². The van der Waals surface area contributed by atoms with Crippen LogP contribution in [0.2, 0.25) is 5.02 Å². The Morgan fingerprint density at radius 2 is 2.00 bits per heavy atom. The second kappa shape index (κ2) is 6.24. The number of carbonyl (C=O) groups is 1. The standard InChI is InChI=1S/C15H17Cl2N3O/c16-9-14-18-12-5-4-11(17)8-13(12)20(14)10-15(21)19-6-2-1-3-7-19/h4-5,8H,1-3,6-7,9-10H2. The van der Waals surface area contributed by atoms with Crippen LogP contribution in [0.1, 0.15) is 25.1 Å². The van der Waals surface area contributed by atoms with Gasteiger partial charge in [-0.25, -0.2) is 4.98 Å². The van der Waals surface area contributed by atoms with E-state index >= 15 is 0 Å². The lowest BCUT2D eigenvalue weighted by Crippen LogP contribution is -2.38. The van der Waals surface area contributed by atoms with E-state index < -0.39 is 0 Å². The zero-order valence-electron chi connectivity index (χ0n) is 11.7. The molecule has 1 aliphatic heterocycles. The summed E-state index contributed by atoms with van der Waals surface area (Å²) in [7, 11) is 0. The number of alkyl halides is 1. The number of imidazole rings is 1. The normalized spacial score (nSPS) is 15.6. The van der Waals surface area contributed by atoms with Gasteiger partial charge < -0.3 is 9.47 Å². The molecule has 1 saturated heterocycles.